The highest BCUT2D eigenvalue weighted by atomic mass is 35.5. The van der Waals surface area contributed by atoms with Gasteiger partial charge in [0.15, 0.2) is 5.75 Å². The first kappa shape index (κ1) is 9.49. The van der Waals surface area contributed by atoms with Gasteiger partial charge in [0, 0.05) is 12.4 Å². The van der Waals surface area contributed by atoms with E-state index in [0.29, 0.717) is 0 Å². The number of carbonyl (C=O) groups is 1. The molecule has 0 radical (unpaired) electrons. The molecule has 0 atom stereocenters. The maximum atomic E-state index is 10.8. The van der Waals surface area contributed by atoms with Crippen molar-refractivity contribution in [1.29, 1.82) is 5.26 Å². The predicted octanol–water partition coefficient (Wildman–Crippen LogP) is 1.34. The Morgan fingerprint density at radius 1 is 1.69 bits per heavy atom. The summed E-state index contributed by atoms with van der Waals surface area (Å²) >= 11 is 5.25. The zero-order valence-corrected chi connectivity index (χ0v) is 7.50. The number of carbonyl (C=O) groups excluding carboxylic acids is 1. The fraction of sp³-hybridized carbons (Fsp3) is 0.125. The van der Waals surface area contributed by atoms with Gasteiger partial charge in [-0.3, -0.25) is 9.78 Å². The topological polar surface area (TPSA) is 63.0 Å². The van der Waals surface area contributed by atoms with Crippen LogP contribution in [0.4, 0.5) is 0 Å². The number of ether oxygens (including phenoxy) is 1. The van der Waals surface area contributed by atoms with Gasteiger partial charge >= 0.3 is 0 Å². The smallest absolute Gasteiger partial charge is 0.257 e. The van der Waals surface area contributed by atoms with Crippen LogP contribution in [-0.2, 0) is 0 Å². The number of aromatic nitrogens is 1. The minimum atomic E-state index is -0.693. The average molecular weight is 197 g/mol. The van der Waals surface area contributed by atoms with Gasteiger partial charge in [0.1, 0.15) is 11.6 Å². The first-order valence-electron chi connectivity index (χ1n) is 3.32. The summed E-state index contributed by atoms with van der Waals surface area (Å²) in [5.41, 5.74) is 0.289. The third-order valence-corrected chi connectivity index (χ3v) is 1.64. The monoisotopic (exact) mass is 196 g/mol. The Hall–Kier alpha value is -1.60. The Bertz CT molecular complexity index is 384. The summed E-state index contributed by atoms with van der Waals surface area (Å²) in [4.78, 5) is 14.5. The third kappa shape index (κ3) is 1.76. The van der Waals surface area contributed by atoms with E-state index in [1.807, 2.05) is 6.07 Å². The number of hydrogen-bond donors (Lipinski definition) is 0. The van der Waals surface area contributed by atoms with Crippen molar-refractivity contribution in [3.8, 4) is 11.8 Å². The molecule has 0 bridgehead atoms. The van der Waals surface area contributed by atoms with E-state index < -0.39 is 5.24 Å². The molecule has 1 aromatic rings. The molecular weight excluding hydrogens is 192 g/mol. The van der Waals surface area contributed by atoms with Crippen molar-refractivity contribution in [2.24, 2.45) is 0 Å². The molecule has 1 rings (SSSR count). The normalized spacial score (nSPS) is 9.00. The van der Waals surface area contributed by atoms with Crippen molar-refractivity contribution in [1.82, 2.24) is 4.98 Å². The Morgan fingerprint density at radius 2 is 2.38 bits per heavy atom. The van der Waals surface area contributed by atoms with Crippen molar-refractivity contribution < 1.29 is 9.53 Å². The fourth-order valence-electron chi connectivity index (χ4n) is 0.888. The molecule has 0 amide bonds. The van der Waals surface area contributed by atoms with E-state index >= 15 is 0 Å². The zero-order chi connectivity index (χ0) is 9.84. The lowest BCUT2D eigenvalue weighted by molar-refractivity contribution is 0.107. The van der Waals surface area contributed by atoms with Crippen LogP contribution >= 0.6 is 11.6 Å². The molecule has 0 aliphatic heterocycles. The fourth-order valence-corrected chi connectivity index (χ4v) is 1.02. The molecule has 0 N–H and O–H groups in total. The molecular formula is C8H5ClN2O2. The first-order chi connectivity index (χ1) is 6.20. The molecule has 5 heteroatoms. The lowest BCUT2D eigenvalue weighted by Crippen LogP contribution is -1.99. The summed E-state index contributed by atoms with van der Waals surface area (Å²) in [6.07, 6.45) is 2.57. The quantitative estimate of drug-likeness (QED) is 0.670. The summed E-state index contributed by atoms with van der Waals surface area (Å²) in [6, 6.07) is 1.84. The van der Waals surface area contributed by atoms with Gasteiger partial charge < -0.3 is 4.74 Å². The second-order valence-electron chi connectivity index (χ2n) is 2.15. The second kappa shape index (κ2) is 3.87. The molecule has 0 aliphatic carbocycles. The number of nitriles is 1. The molecule has 1 aromatic heterocycles. The van der Waals surface area contributed by atoms with Crippen molar-refractivity contribution in [3.05, 3.63) is 23.5 Å². The summed E-state index contributed by atoms with van der Waals surface area (Å²) in [5.74, 6) is 0.164. The Morgan fingerprint density at radius 3 is 2.85 bits per heavy atom. The van der Waals surface area contributed by atoms with E-state index in [9.17, 15) is 4.79 Å². The van der Waals surface area contributed by atoms with Crippen LogP contribution in [0.3, 0.4) is 0 Å². The number of methoxy groups -OCH3 is 1. The van der Waals surface area contributed by atoms with Crippen molar-refractivity contribution >= 4 is 16.8 Å². The molecule has 0 spiro atoms. The molecule has 0 aliphatic rings. The maximum Gasteiger partial charge on any atom is 0.257 e. The Labute approximate surface area is 79.7 Å². The maximum absolute atomic E-state index is 10.8. The molecule has 0 saturated carbocycles. The lowest BCUT2D eigenvalue weighted by Gasteiger charge is -2.04. The van der Waals surface area contributed by atoms with Gasteiger partial charge in [0.2, 0.25) is 0 Å². The van der Waals surface area contributed by atoms with Crippen LogP contribution in [0.1, 0.15) is 15.9 Å². The summed E-state index contributed by atoms with van der Waals surface area (Å²) in [5, 5.41) is 7.94. The SMILES string of the molecule is COc1c(C#N)cncc1C(=O)Cl. The van der Waals surface area contributed by atoms with Crippen LogP contribution in [0.2, 0.25) is 0 Å². The van der Waals surface area contributed by atoms with Crippen LogP contribution in [0.15, 0.2) is 12.4 Å². The van der Waals surface area contributed by atoms with E-state index in [2.05, 4.69) is 4.98 Å². The minimum absolute atomic E-state index is 0.100. The number of hydrogen-bond acceptors (Lipinski definition) is 4. The Kier molecular flexibility index (Phi) is 2.83. The molecule has 66 valence electrons. The number of halogens is 1. The minimum Gasteiger partial charge on any atom is -0.494 e. The van der Waals surface area contributed by atoms with E-state index in [1.54, 1.807) is 0 Å². The largest absolute Gasteiger partial charge is 0.494 e. The molecule has 13 heavy (non-hydrogen) atoms. The van der Waals surface area contributed by atoms with E-state index in [0.717, 1.165) is 0 Å². The highest BCUT2D eigenvalue weighted by Crippen LogP contribution is 2.22. The number of nitrogens with zero attached hydrogens (tertiary/aromatic N) is 2. The van der Waals surface area contributed by atoms with Gasteiger partial charge in [0.25, 0.3) is 5.24 Å². The van der Waals surface area contributed by atoms with Crippen molar-refractivity contribution in [3.63, 3.8) is 0 Å². The molecule has 0 fully saturated rings. The molecule has 0 saturated heterocycles. The zero-order valence-electron chi connectivity index (χ0n) is 6.74. The van der Waals surface area contributed by atoms with Gasteiger partial charge in [-0.05, 0) is 11.6 Å². The summed E-state index contributed by atoms with van der Waals surface area (Å²) < 4.78 is 4.86. The van der Waals surface area contributed by atoms with Crippen LogP contribution < -0.4 is 4.74 Å². The lowest BCUT2D eigenvalue weighted by atomic mass is 10.2. The molecule has 1 heterocycles. The van der Waals surface area contributed by atoms with Gasteiger partial charge in [-0.15, -0.1) is 0 Å². The van der Waals surface area contributed by atoms with E-state index in [4.69, 9.17) is 21.6 Å². The number of pyridine rings is 1. The molecule has 0 unspecified atom stereocenters. The highest BCUT2D eigenvalue weighted by Gasteiger charge is 2.13. The van der Waals surface area contributed by atoms with Gasteiger partial charge in [0.05, 0.1) is 12.7 Å². The standard InChI is InChI=1S/C8H5ClN2O2/c1-13-7-5(2-10)3-11-4-6(7)8(9)12/h3-4H,1H3. The van der Waals surface area contributed by atoms with Crippen molar-refractivity contribution in [2.75, 3.05) is 7.11 Å². The third-order valence-electron chi connectivity index (χ3n) is 1.43. The van der Waals surface area contributed by atoms with E-state index in [-0.39, 0.29) is 16.9 Å². The molecule has 4 nitrogen and oxygen atoms in total. The second-order valence-corrected chi connectivity index (χ2v) is 2.50. The summed E-state index contributed by atoms with van der Waals surface area (Å²) in [7, 11) is 1.36. The predicted molar refractivity (Wildman–Crippen MR) is 45.7 cm³/mol. The Balaban J connectivity index is 3.38. The van der Waals surface area contributed by atoms with Crippen LogP contribution in [0.25, 0.3) is 0 Å². The number of rotatable bonds is 2. The molecule has 0 aromatic carbocycles. The highest BCUT2D eigenvalue weighted by molar-refractivity contribution is 6.68. The summed E-state index contributed by atoms with van der Waals surface area (Å²) in [6.45, 7) is 0. The van der Waals surface area contributed by atoms with Crippen LogP contribution in [0.5, 0.6) is 5.75 Å². The van der Waals surface area contributed by atoms with Crippen LogP contribution in [0, 0.1) is 11.3 Å². The van der Waals surface area contributed by atoms with Gasteiger partial charge in [-0.25, -0.2) is 0 Å². The average Bonchev–Trinajstić information content (AvgIpc) is 2.16. The van der Waals surface area contributed by atoms with Gasteiger partial charge in [-0.1, -0.05) is 0 Å². The first-order valence-corrected chi connectivity index (χ1v) is 3.70. The van der Waals surface area contributed by atoms with Crippen LogP contribution in [-0.4, -0.2) is 17.3 Å². The van der Waals surface area contributed by atoms with E-state index in [1.165, 1.54) is 19.5 Å². The van der Waals surface area contributed by atoms with Crippen molar-refractivity contribution in [2.45, 2.75) is 0 Å². The van der Waals surface area contributed by atoms with Gasteiger partial charge in [-0.2, -0.15) is 5.26 Å².